The summed E-state index contributed by atoms with van der Waals surface area (Å²) in [6.07, 6.45) is 0.188. The van der Waals surface area contributed by atoms with Gasteiger partial charge in [-0.25, -0.2) is 4.98 Å². The van der Waals surface area contributed by atoms with E-state index >= 15 is 0 Å². The third kappa shape index (κ3) is 4.56. The highest BCUT2D eigenvalue weighted by Crippen LogP contribution is 2.33. The van der Waals surface area contributed by atoms with Crippen LogP contribution in [0.15, 0.2) is 60.0 Å². The van der Waals surface area contributed by atoms with E-state index < -0.39 is 0 Å². The molecule has 2 aromatic heterocycles. The molecule has 1 aliphatic rings. The van der Waals surface area contributed by atoms with E-state index in [0.717, 1.165) is 50.4 Å². The fraction of sp³-hybridized carbons (Fsp3) is 0.259. The Morgan fingerprint density at radius 1 is 1.12 bits per heavy atom. The first-order valence-corrected chi connectivity index (χ1v) is 12.2. The highest BCUT2D eigenvalue weighted by Gasteiger charge is 2.23. The van der Waals surface area contributed by atoms with Gasteiger partial charge in [0.2, 0.25) is 5.91 Å². The molecule has 0 saturated carbocycles. The summed E-state index contributed by atoms with van der Waals surface area (Å²) in [5.41, 5.74) is 6.12. The second kappa shape index (κ2) is 9.35. The monoisotopic (exact) mass is 473 g/mol. The third-order valence-corrected chi connectivity index (χ3v) is 6.93. The van der Waals surface area contributed by atoms with E-state index in [-0.39, 0.29) is 18.4 Å². The number of benzene rings is 2. The Morgan fingerprint density at radius 3 is 2.71 bits per heavy atom. The minimum Gasteiger partial charge on any atom is -0.486 e. The number of ether oxygens (including phenoxy) is 2. The molecular formula is C27H27N3O3S. The standard InChI is InChI=1S/C27H27N3O3S/c1-17-8-4-5-9-22(17)28-26(31)13-27-29-23(16-34-27)21-12-18(2)30(19(21)3)14-20-15-32-24-10-6-7-11-25(24)33-20/h4-12,16,20H,13-15H2,1-3H3,(H,28,31)/t20-/m0/s1. The number of nitrogens with one attached hydrogen (secondary N) is 1. The Balaban J connectivity index is 1.28. The molecule has 0 aliphatic carbocycles. The number of para-hydroxylation sites is 3. The van der Waals surface area contributed by atoms with Crippen molar-refractivity contribution in [3.05, 3.63) is 81.9 Å². The number of rotatable bonds is 6. The molecule has 0 saturated heterocycles. The number of nitrogens with zero attached hydrogens (tertiary/aromatic N) is 2. The van der Waals surface area contributed by atoms with Crippen LogP contribution in [0.5, 0.6) is 11.5 Å². The molecule has 0 spiro atoms. The molecule has 1 N–H and O–H groups in total. The molecule has 174 valence electrons. The zero-order valence-corrected chi connectivity index (χ0v) is 20.3. The predicted octanol–water partition coefficient (Wildman–Crippen LogP) is 5.56. The van der Waals surface area contributed by atoms with Crippen LogP contribution in [0, 0.1) is 20.8 Å². The molecule has 3 heterocycles. The molecule has 2 aromatic carbocycles. The van der Waals surface area contributed by atoms with Crippen LogP contribution in [0.25, 0.3) is 11.3 Å². The molecule has 34 heavy (non-hydrogen) atoms. The van der Waals surface area contributed by atoms with E-state index in [4.69, 9.17) is 14.5 Å². The molecular weight excluding hydrogens is 446 g/mol. The molecule has 0 fully saturated rings. The first-order chi connectivity index (χ1) is 16.5. The molecule has 5 rings (SSSR count). The largest absolute Gasteiger partial charge is 0.486 e. The van der Waals surface area contributed by atoms with Crippen molar-refractivity contribution in [1.82, 2.24) is 9.55 Å². The van der Waals surface area contributed by atoms with E-state index in [9.17, 15) is 4.79 Å². The van der Waals surface area contributed by atoms with Gasteiger partial charge in [0.05, 0.1) is 18.7 Å². The molecule has 1 aliphatic heterocycles. The first-order valence-electron chi connectivity index (χ1n) is 11.3. The summed E-state index contributed by atoms with van der Waals surface area (Å²) < 4.78 is 14.3. The van der Waals surface area contributed by atoms with Crippen molar-refractivity contribution in [2.45, 2.75) is 39.8 Å². The number of hydrogen-bond donors (Lipinski definition) is 1. The van der Waals surface area contributed by atoms with Gasteiger partial charge < -0.3 is 19.4 Å². The second-order valence-corrected chi connectivity index (χ2v) is 9.50. The van der Waals surface area contributed by atoms with Crippen LogP contribution in [0.3, 0.4) is 0 Å². The molecule has 1 atom stereocenters. The van der Waals surface area contributed by atoms with Gasteiger partial charge >= 0.3 is 0 Å². The van der Waals surface area contributed by atoms with Crippen molar-refractivity contribution >= 4 is 22.9 Å². The zero-order chi connectivity index (χ0) is 23.7. The van der Waals surface area contributed by atoms with Crippen LogP contribution < -0.4 is 14.8 Å². The van der Waals surface area contributed by atoms with Gasteiger partial charge in [-0.1, -0.05) is 30.3 Å². The van der Waals surface area contributed by atoms with Crippen molar-refractivity contribution in [3.63, 3.8) is 0 Å². The topological polar surface area (TPSA) is 65.4 Å². The SMILES string of the molecule is Cc1ccccc1NC(=O)Cc1nc(-c2cc(C)n(C[C@H]3COc4ccccc4O3)c2C)cs1. The average Bonchev–Trinajstić information content (AvgIpc) is 3.40. The first kappa shape index (κ1) is 22.2. The molecule has 6 nitrogen and oxygen atoms in total. The third-order valence-electron chi connectivity index (χ3n) is 6.09. The maximum atomic E-state index is 12.5. The van der Waals surface area contributed by atoms with Crippen LogP contribution >= 0.6 is 11.3 Å². The number of anilines is 1. The Hall–Kier alpha value is -3.58. The number of carbonyl (C=O) groups excluding carboxylic acids is 1. The minimum atomic E-state index is -0.0660. The molecule has 0 radical (unpaired) electrons. The number of amides is 1. The lowest BCUT2D eigenvalue weighted by atomic mass is 10.2. The van der Waals surface area contributed by atoms with E-state index in [2.05, 4.69) is 29.8 Å². The number of fused-ring (bicyclic) bond motifs is 1. The van der Waals surface area contributed by atoms with Crippen LogP contribution in [0.4, 0.5) is 5.69 Å². The van der Waals surface area contributed by atoms with E-state index in [1.165, 1.54) is 11.3 Å². The fourth-order valence-corrected chi connectivity index (χ4v) is 5.05. The summed E-state index contributed by atoms with van der Waals surface area (Å²) in [6, 6.07) is 17.7. The fourth-order valence-electron chi connectivity index (χ4n) is 4.26. The highest BCUT2D eigenvalue weighted by molar-refractivity contribution is 7.10. The molecule has 4 aromatic rings. The maximum absolute atomic E-state index is 12.5. The number of hydrogen-bond acceptors (Lipinski definition) is 5. The minimum absolute atomic E-state index is 0.0598. The highest BCUT2D eigenvalue weighted by atomic mass is 32.1. The Bertz CT molecular complexity index is 1340. The average molecular weight is 474 g/mol. The maximum Gasteiger partial charge on any atom is 0.231 e. The van der Waals surface area contributed by atoms with Crippen molar-refractivity contribution < 1.29 is 14.3 Å². The molecule has 7 heteroatoms. The van der Waals surface area contributed by atoms with Gasteiger partial charge in [-0.05, 0) is 50.6 Å². The van der Waals surface area contributed by atoms with Crippen LogP contribution in [0.1, 0.15) is 22.0 Å². The van der Waals surface area contributed by atoms with Crippen molar-refractivity contribution in [1.29, 1.82) is 0 Å². The van der Waals surface area contributed by atoms with Crippen LogP contribution in [-0.4, -0.2) is 28.2 Å². The summed E-state index contributed by atoms with van der Waals surface area (Å²) in [7, 11) is 0. The van der Waals surface area contributed by atoms with Crippen molar-refractivity contribution in [2.24, 2.45) is 0 Å². The van der Waals surface area contributed by atoms with Gasteiger partial charge in [-0.3, -0.25) is 4.79 Å². The molecule has 0 unspecified atom stereocenters. The van der Waals surface area contributed by atoms with E-state index in [1.54, 1.807) is 0 Å². The van der Waals surface area contributed by atoms with Crippen LogP contribution in [-0.2, 0) is 17.8 Å². The smallest absolute Gasteiger partial charge is 0.231 e. The van der Waals surface area contributed by atoms with Gasteiger partial charge in [0, 0.05) is 28.0 Å². The Labute approximate surface area is 203 Å². The predicted molar refractivity (Wildman–Crippen MR) is 135 cm³/mol. The lowest BCUT2D eigenvalue weighted by Crippen LogP contribution is -2.33. The number of aromatic nitrogens is 2. The number of aryl methyl sites for hydroxylation is 2. The van der Waals surface area contributed by atoms with Crippen molar-refractivity contribution in [2.75, 3.05) is 11.9 Å². The summed E-state index contributed by atoms with van der Waals surface area (Å²) in [5.74, 6) is 1.52. The summed E-state index contributed by atoms with van der Waals surface area (Å²) in [4.78, 5) is 17.3. The number of carbonyl (C=O) groups is 1. The van der Waals surface area contributed by atoms with Crippen LogP contribution in [0.2, 0.25) is 0 Å². The van der Waals surface area contributed by atoms with Gasteiger partial charge in [-0.15, -0.1) is 11.3 Å². The van der Waals surface area contributed by atoms with Gasteiger partial charge in [0.1, 0.15) is 11.6 Å². The Morgan fingerprint density at radius 2 is 1.88 bits per heavy atom. The lowest BCUT2D eigenvalue weighted by molar-refractivity contribution is -0.115. The van der Waals surface area contributed by atoms with Crippen molar-refractivity contribution in [3.8, 4) is 22.8 Å². The molecule has 0 bridgehead atoms. The van der Waals surface area contributed by atoms with E-state index in [1.807, 2.05) is 60.8 Å². The Kier molecular flexibility index (Phi) is 6.11. The lowest BCUT2D eigenvalue weighted by Gasteiger charge is -2.27. The summed E-state index contributed by atoms with van der Waals surface area (Å²) in [5, 5.41) is 5.81. The number of thiazole rings is 1. The second-order valence-electron chi connectivity index (χ2n) is 8.56. The quantitative estimate of drug-likeness (QED) is 0.398. The zero-order valence-electron chi connectivity index (χ0n) is 19.5. The van der Waals surface area contributed by atoms with Gasteiger partial charge in [0.15, 0.2) is 17.6 Å². The van der Waals surface area contributed by atoms with Gasteiger partial charge in [-0.2, -0.15) is 0 Å². The normalized spacial score (nSPS) is 14.7. The summed E-state index contributed by atoms with van der Waals surface area (Å²) >= 11 is 1.51. The molecule has 1 amide bonds. The van der Waals surface area contributed by atoms with E-state index in [0.29, 0.717) is 13.2 Å². The van der Waals surface area contributed by atoms with Gasteiger partial charge in [0.25, 0.3) is 0 Å². The summed E-state index contributed by atoms with van der Waals surface area (Å²) in [6.45, 7) is 7.39.